The van der Waals surface area contributed by atoms with Crippen molar-refractivity contribution in [1.82, 2.24) is 4.90 Å². The fraction of sp³-hybridized carbons (Fsp3) is 0.429. The summed E-state index contributed by atoms with van der Waals surface area (Å²) >= 11 is 4.47. The third-order valence-corrected chi connectivity index (χ3v) is 3.51. The predicted molar refractivity (Wildman–Crippen MR) is 78.2 cm³/mol. The van der Waals surface area contributed by atoms with E-state index in [1.165, 1.54) is 0 Å². The van der Waals surface area contributed by atoms with E-state index < -0.39 is 0 Å². The molecule has 4 heteroatoms. The van der Waals surface area contributed by atoms with E-state index in [0.29, 0.717) is 10.8 Å². The Balaban J connectivity index is 2.22. The Bertz CT molecular complexity index is 459. The van der Waals surface area contributed by atoms with E-state index in [0.717, 1.165) is 31.6 Å². The average Bonchev–Trinajstić information content (AvgIpc) is 2.39. The molecule has 0 saturated carbocycles. The number of carbonyl (C=O) groups excluding carboxylic acids is 1. The SMILES string of the molecule is C/C=N\c1ccccc1C(=O)N1CCCC(S)C1. The number of amides is 1. The number of likely N-dealkylation sites (tertiary alicyclic amines) is 1. The molecule has 0 aliphatic carbocycles. The molecule has 96 valence electrons. The van der Waals surface area contributed by atoms with Gasteiger partial charge in [-0.2, -0.15) is 12.6 Å². The minimum absolute atomic E-state index is 0.0648. The molecule has 18 heavy (non-hydrogen) atoms. The van der Waals surface area contributed by atoms with Crippen LogP contribution in [0.2, 0.25) is 0 Å². The molecule has 0 radical (unpaired) electrons. The molecule has 0 N–H and O–H groups in total. The standard InChI is InChI=1S/C14H18N2OS/c1-2-15-13-8-4-3-7-12(13)14(17)16-9-5-6-11(18)10-16/h2-4,7-8,11,18H,5-6,9-10H2,1H3/b15-2-. The third-order valence-electron chi connectivity index (χ3n) is 3.09. The lowest BCUT2D eigenvalue weighted by molar-refractivity contribution is 0.0730. The quantitative estimate of drug-likeness (QED) is 0.645. The Hall–Kier alpha value is -1.29. The van der Waals surface area contributed by atoms with Gasteiger partial charge in [0.15, 0.2) is 0 Å². The van der Waals surface area contributed by atoms with Crippen LogP contribution in [0, 0.1) is 0 Å². The topological polar surface area (TPSA) is 32.7 Å². The lowest BCUT2D eigenvalue weighted by Gasteiger charge is -2.30. The van der Waals surface area contributed by atoms with E-state index in [-0.39, 0.29) is 5.91 Å². The number of rotatable bonds is 2. The zero-order chi connectivity index (χ0) is 13.0. The van der Waals surface area contributed by atoms with Gasteiger partial charge in [0.2, 0.25) is 0 Å². The summed E-state index contributed by atoms with van der Waals surface area (Å²) in [6.07, 6.45) is 3.82. The van der Waals surface area contributed by atoms with Crippen molar-refractivity contribution in [3.63, 3.8) is 0 Å². The molecule has 1 saturated heterocycles. The lowest BCUT2D eigenvalue weighted by atomic mass is 10.1. The van der Waals surface area contributed by atoms with Crippen LogP contribution in [0.25, 0.3) is 0 Å². The fourth-order valence-electron chi connectivity index (χ4n) is 2.22. The van der Waals surface area contributed by atoms with Gasteiger partial charge in [0.1, 0.15) is 0 Å². The predicted octanol–water partition coefficient (Wildman–Crippen LogP) is 2.94. The van der Waals surface area contributed by atoms with Crippen molar-refractivity contribution >= 4 is 30.4 Å². The zero-order valence-corrected chi connectivity index (χ0v) is 11.4. The Morgan fingerprint density at radius 3 is 3.00 bits per heavy atom. The first kappa shape index (κ1) is 13.1. The Labute approximate surface area is 113 Å². The number of para-hydroxylation sites is 1. The molecule has 3 nitrogen and oxygen atoms in total. The summed E-state index contributed by atoms with van der Waals surface area (Å²) in [5.41, 5.74) is 1.42. The van der Waals surface area contributed by atoms with Crippen LogP contribution in [0.3, 0.4) is 0 Å². The maximum Gasteiger partial charge on any atom is 0.256 e. The number of aliphatic imine (C=N–C) groups is 1. The fourth-order valence-corrected chi connectivity index (χ4v) is 2.60. The maximum absolute atomic E-state index is 12.5. The van der Waals surface area contributed by atoms with Crippen LogP contribution in [0.5, 0.6) is 0 Å². The number of hydrogen-bond donors (Lipinski definition) is 1. The molecule has 1 aliphatic rings. The normalized spacial score (nSPS) is 20.3. The minimum atomic E-state index is 0.0648. The first-order chi connectivity index (χ1) is 8.72. The Kier molecular flexibility index (Phi) is 4.42. The molecule has 1 fully saturated rings. The third kappa shape index (κ3) is 2.93. The van der Waals surface area contributed by atoms with Crippen LogP contribution >= 0.6 is 12.6 Å². The van der Waals surface area contributed by atoms with Crippen molar-refractivity contribution in [3.8, 4) is 0 Å². The van der Waals surface area contributed by atoms with Crippen molar-refractivity contribution in [2.45, 2.75) is 25.0 Å². The number of hydrogen-bond acceptors (Lipinski definition) is 3. The van der Waals surface area contributed by atoms with E-state index in [4.69, 9.17) is 0 Å². The summed E-state index contributed by atoms with van der Waals surface area (Å²) in [6.45, 7) is 3.40. The van der Waals surface area contributed by atoms with Gasteiger partial charge in [-0.1, -0.05) is 12.1 Å². The summed E-state index contributed by atoms with van der Waals surface area (Å²) < 4.78 is 0. The molecular weight excluding hydrogens is 244 g/mol. The van der Waals surface area contributed by atoms with Crippen molar-refractivity contribution < 1.29 is 4.79 Å². The smallest absolute Gasteiger partial charge is 0.256 e. The van der Waals surface area contributed by atoms with Gasteiger partial charge in [-0.15, -0.1) is 0 Å². The molecular formula is C14H18N2OS. The second kappa shape index (κ2) is 6.05. The molecule has 1 amide bonds. The highest BCUT2D eigenvalue weighted by atomic mass is 32.1. The van der Waals surface area contributed by atoms with Crippen LogP contribution in [-0.4, -0.2) is 35.4 Å². The molecule has 0 aromatic heterocycles. The van der Waals surface area contributed by atoms with Crippen LogP contribution in [0.15, 0.2) is 29.3 Å². The van der Waals surface area contributed by atoms with Crippen LogP contribution < -0.4 is 0 Å². The molecule has 0 spiro atoms. The second-order valence-electron chi connectivity index (χ2n) is 4.45. The highest BCUT2D eigenvalue weighted by Gasteiger charge is 2.23. The second-order valence-corrected chi connectivity index (χ2v) is 5.18. The summed E-state index contributed by atoms with van der Waals surface area (Å²) in [4.78, 5) is 18.6. The number of carbonyl (C=O) groups is 1. The van der Waals surface area contributed by atoms with Gasteiger partial charge in [0.05, 0.1) is 11.3 Å². The molecule has 2 rings (SSSR count). The molecule has 1 unspecified atom stereocenters. The number of thiol groups is 1. The summed E-state index contributed by atoms with van der Waals surface area (Å²) in [6, 6.07) is 7.49. The Morgan fingerprint density at radius 2 is 2.28 bits per heavy atom. The number of nitrogens with zero attached hydrogens (tertiary/aromatic N) is 2. The monoisotopic (exact) mass is 262 g/mol. The zero-order valence-electron chi connectivity index (χ0n) is 10.5. The Morgan fingerprint density at radius 1 is 1.50 bits per heavy atom. The molecule has 1 aromatic rings. The maximum atomic E-state index is 12.5. The van der Waals surface area contributed by atoms with Gasteiger partial charge in [-0.25, -0.2) is 0 Å². The largest absolute Gasteiger partial charge is 0.337 e. The van der Waals surface area contributed by atoms with E-state index in [1.807, 2.05) is 36.1 Å². The molecule has 1 aliphatic heterocycles. The van der Waals surface area contributed by atoms with E-state index in [2.05, 4.69) is 17.6 Å². The highest BCUT2D eigenvalue weighted by Crippen LogP contribution is 2.23. The summed E-state index contributed by atoms with van der Waals surface area (Å²) in [7, 11) is 0. The summed E-state index contributed by atoms with van der Waals surface area (Å²) in [5.74, 6) is 0.0648. The van der Waals surface area contributed by atoms with Crippen molar-refractivity contribution in [3.05, 3.63) is 29.8 Å². The van der Waals surface area contributed by atoms with Crippen molar-refractivity contribution in [2.24, 2.45) is 4.99 Å². The lowest BCUT2D eigenvalue weighted by Crippen LogP contribution is -2.40. The van der Waals surface area contributed by atoms with Crippen molar-refractivity contribution in [1.29, 1.82) is 0 Å². The van der Waals surface area contributed by atoms with E-state index in [1.54, 1.807) is 6.21 Å². The first-order valence-corrected chi connectivity index (χ1v) is 6.79. The minimum Gasteiger partial charge on any atom is -0.337 e. The van der Waals surface area contributed by atoms with Gasteiger partial charge in [0, 0.05) is 24.6 Å². The first-order valence-electron chi connectivity index (χ1n) is 6.27. The van der Waals surface area contributed by atoms with Gasteiger partial charge in [0.25, 0.3) is 5.91 Å². The van der Waals surface area contributed by atoms with E-state index >= 15 is 0 Å². The van der Waals surface area contributed by atoms with Crippen LogP contribution in [-0.2, 0) is 0 Å². The molecule has 1 aromatic carbocycles. The molecule has 1 atom stereocenters. The highest BCUT2D eigenvalue weighted by molar-refractivity contribution is 7.81. The van der Waals surface area contributed by atoms with Crippen LogP contribution in [0.1, 0.15) is 30.1 Å². The average molecular weight is 262 g/mol. The van der Waals surface area contributed by atoms with Crippen molar-refractivity contribution in [2.75, 3.05) is 13.1 Å². The number of benzene rings is 1. The molecule has 0 bridgehead atoms. The van der Waals surface area contributed by atoms with Gasteiger partial charge in [-0.05, 0) is 31.9 Å². The number of piperidine rings is 1. The van der Waals surface area contributed by atoms with Crippen LogP contribution in [0.4, 0.5) is 5.69 Å². The van der Waals surface area contributed by atoms with Gasteiger partial charge >= 0.3 is 0 Å². The summed E-state index contributed by atoms with van der Waals surface area (Å²) in [5, 5.41) is 0.296. The van der Waals surface area contributed by atoms with E-state index in [9.17, 15) is 4.79 Å². The van der Waals surface area contributed by atoms with Gasteiger partial charge in [-0.3, -0.25) is 9.79 Å². The molecule has 1 heterocycles. The van der Waals surface area contributed by atoms with Gasteiger partial charge < -0.3 is 4.90 Å².